The third kappa shape index (κ3) is 1.95. The lowest BCUT2D eigenvalue weighted by Gasteiger charge is -2.33. The molecule has 1 fully saturated rings. The van der Waals surface area contributed by atoms with Gasteiger partial charge in [-0.05, 0) is 19.8 Å². The third-order valence-electron chi connectivity index (χ3n) is 3.30. The fraction of sp³-hybridized carbons (Fsp3) is 0.636. The van der Waals surface area contributed by atoms with Gasteiger partial charge in [-0.2, -0.15) is 0 Å². The molecule has 88 valence electrons. The Labute approximate surface area is 94.1 Å². The average molecular weight is 224 g/mol. The fourth-order valence-electron chi connectivity index (χ4n) is 2.10. The summed E-state index contributed by atoms with van der Waals surface area (Å²) in [6.07, 6.45) is 4.67. The molecular formula is C11H16N2O3. The highest BCUT2D eigenvalue weighted by Gasteiger charge is 2.40. The fourth-order valence-corrected chi connectivity index (χ4v) is 2.10. The molecule has 0 unspecified atom stereocenters. The zero-order valence-electron chi connectivity index (χ0n) is 9.35. The van der Waals surface area contributed by atoms with Gasteiger partial charge in [0.15, 0.2) is 0 Å². The Kier molecular flexibility index (Phi) is 2.96. The van der Waals surface area contributed by atoms with Crippen LogP contribution in [0.5, 0.6) is 0 Å². The van der Waals surface area contributed by atoms with Crippen LogP contribution >= 0.6 is 0 Å². The first-order chi connectivity index (χ1) is 7.64. The van der Waals surface area contributed by atoms with Crippen LogP contribution in [0, 0.1) is 12.3 Å². The van der Waals surface area contributed by atoms with E-state index in [1.807, 2.05) is 17.7 Å². The molecule has 5 heteroatoms. The van der Waals surface area contributed by atoms with E-state index in [2.05, 4.69) is 4.98 Å². The summed E-state index contributed by atoms with van der Waals surface area (Å²) in [5.41, 5.74) is -0.691. The number of carbonyl (C=O) groups is 1. The van der Waals surface area contributed by atoms with Crippen molar-refractivity contribution in [2.75, 3.05) is 13.2 Å². The van der Waals surface area contributed by atoms with Crippen molar-refractivity contribution in [1.29, 1.82) is 0 Å². The molecule has 0 spiro atoms. The number of aliphatic carboxylic acids is 1. The second-order valence-corrected chi connectivity index (χ2v) is 4.30. The van der Waals surface area contributed by atoms with Gasteiger partial charge in [-0.15, -0.1) is 0 Å². The number of carboxylic acids is 1. The quantitative estimate of drug-likeness (QED) is 0.834. The number of carboxylic acid groups (broad SMARTS) is 1. The first-order valence-corrected chi connectivity index (χ1v) is 5.43. The lowest BCUT2D eigenvalue weighted by atomic mass is 9.80. The van der Waals surface area contributed by atoms with Crippen LogP contribution < -0.4 is 0 Å². The number of imidazole rings is 1. The second-order valence-electron chi connectivity index (χ2n) is 4.30. The minimum atomic E-state index is -0.732. The van der Waals surface area contributed by atoms with E-state index in [0.29, 0.717) is 32.6 Å². The van der Waals surface area contributed by atoms with Crippen LogP contribution in [0.1, 0.15) is 18.7 Å². The summed E-state index contributed by atoms with van der Waals surface area (Å²) in [7, 11) is 0. The number of nitrogens with zero attached hydrogens (tertiary/aromatic N) is 2. The minimum absolute atomic E-state index is 0.484. The molecular weight excluding hydrogens is 208 g/mol. The minimum Gasteiger partial charge on any atom is -0.481 e. The van der Waals surface area contributed by atoms with E-state index >= 15 is 0 Å². The number of aromatic nitrogens is 2. The van der Waals surface area contributed by atoms with E-state index in [9.17, 15) is 9.90 Å². The van der Waals surface area contributed by atoms with Gasteiger partial charge in [-0.1, -0.05) is 0 Å². The molecule has 1 aliphatic heterocycles. The van der Waals surface area contributed by atoms with Gasteiger partial charge >= 0.3 is 5.97 Å². The molecule has 0 atom stereocenters. The number of ether oxygens (including phenoxy) is 1. The molecule has 1 aliphatic rings. The van der Waals surface area contributed by atoms with Gasteiger partial charge in [0, 0.05) is 32.2 Å². The average Bonchev–Trinajstić information content (AvgIpc) is 2.65. The van der Waals surface area contributed by atoms with Crippen LogP contribution in [0.4, 0.5) is 0 Å². The zero-order chi connectivity index (χ0) is 11.6. The second kappa shape index (κ2) is 4.25. The molecule has 1 aromatic rings. The summed E-state index contributed by atoms with van der Waals surface area (Å²) < 4.78 is 7.14. The molecule has 0 aliphatic carbocycles. The van der Waals surface area contributed by atoms with Gasteiger partial charge in [0.25, 0.3) is 0 Å². The Balaban J connectivity index is 2.20. The number of aryl methyl sites for hydroxylation is 1. The van der Waals surface area contributed by atoms with E-state index in [-0.39, 0.29) is 0 Å². The summed E-state index contributed by atoms with van der Waals surface area (Å²) in [6, 6.07) is 0. The monoisotopic (exact) mass is 224 g/mol. The van der Waals surface area contributed by atoms with Gasteiger partial charge in [0.2, 0.25) is 0 Å². The predicted octanol–water partition coefficient (Wildman–Crippen LogP) is 1.07. The van der Waals surface area contributed by atoms with Crippen molar-refractivity contribution in [3.05, 3.63) is 18.2 Å². The van der Waals surface area contributed by atoms with Crippen LogP contribution in [0.3, 0.4) is 0 Å². The largest absolute Gasteiger partial charge is 0.481 e. The lowest BCUT2D eigenvalue weighted by Crippen LogP contribution is -2.40. The van der Waals surface area contributed by atoms with Crippen LogP contribution in [0.25, 0.3) is 0 Å². The van der Waals surface area contributed by atoms with E-state index in [0.717, 1.165) is 5.82 Å². The SMILES string of the molecule is Cc1nccn1CC1(C(=O)O)CCOCC1. The first-order valence-electron chi connectivity index (χ1n) is 5.43. The zero-order valence-corrected chi connectivity index (χ0v) is 9.35. The van der Waals surface area contributed by atoms with Gasteiger partial charge in [-0.25, -0.2) is 4.98 Å². The summed E-state index contributed by atoms with van der Waals surface area (Å²) >= 11 is 0. The standard InChI is InChI=1S/C11H16N2O3/c1-9-12-4-5-13(9)8-11(10(14)15)2-6-16-7-3-11/h4-5H,2-3,6-8H2,1H3,(H,14,15). The van der Waals surface area contributed by atoms with Crippen molar-refractivity contribution < 1.29 is 14.6 Å². The third-order valence-corrected chi connectivity index (χ3v) is 3.30. The van der Waals surface area contributed by atoms with Crippen LogP contribution in [-0.2, 0) is 16.1 Å². The van der Waals surface area contributed by atoms with E-state index in [4.69, 9.17) is 4.74 Å². The Morgan fingerprint density at radius 3 is 2.81 bits per heavy atom. The van der Waals surface area contributed by atoms with Gasteiger partial charge in [0.05, 0.1) is 5.41 Å². The molecule has 1 N–H and O–H groups in total. The molecule has 16 heavy (non-hydrogen) atoms. The highest BCUT2D eigenvalue weighted by molar-refractivity contribution is 5.74. The molecule has 5 nitrogen and oxygen atoms in total. The normalized spacial score (nSPS) is 19.6. The van der Waals surface area contributed by atoms with Crippen molar-refractivity contribution in [2.24, 2.45) is 5.41 Å². The van der Waals surface area contributed by atoms with Crippen molar-refractivity contribution >= 4 is 5.97 Å². The van der Waals surface area contributed by atoms with Crippen molar-refractivity contribution in [3.8, 4) is 0 Å². The number of rotatable bonds is 3. The molecule has 1 saturated heterocycles. The van der Waals surface area contributed by atoms with Crippen LogP contribution in [0.2, 0.25) is 0 Å². The molecule has 1 aromatic heterocycles. The Morgan fingerprint density at radius 1 is 1.62 bits per heavy atom. The summed E-state index contributed by atoms with van der Waals surface area (Å²) in [6.45, 7) is 3.42. The Morgan fingerprint density at radius 2 is 2.31 bits per heavy atom. The van der Waals surface area contributed by atoms with E-state index in [1.165, 1.54) is 0 Å². The maximum absolute atomic E-state index is 11.4. The maximum atomic E-state index is 11.4. The van der Waals surface area contributed by atoms with Crippen LogP contribution in [-0.4, -0.2) is 33.8 Å². The van der Waals surface area contributed by atoms with E-state index in [1.54, 1.807) is 6.20 Å². The van der Waals surface area contributed by atoms with Gasteiger partial charge in [-0.3, -0.25) is 4.79 Å². The molecule has 0 aromatic carbocycles. The summed E-state index contributed by atoms with van der Waals surface area (Å²) in [5.74, 6) is 0.121. The Hall–Kier alpha value is -1.36. The van der Waals surface area contributed by atoms with E-state index < -0.39 is 11.4 Å². The molecule has 0 saturated carbocycles. The van der Waals surface area contributed by atoms with Crippen molar-refractivity contribution in [1.82, 2.24) is 9.55 Å². The predicted molar refractivity (Wildman–Crippen MR) is 57.1 cm³/mol. The lowest BCUT2D eigenvalue weighted by molar-refractivity contribution is -0.156. The number of hydrogen-bond donors (Lipinski definition) is 1. The van der Waals surface area contributed by atoms with Gasteiger partial charge < -0.3 is 14.4 Å². The molecule has 2 heterocycles. The molecule has 2 rings (SSSR count). The number of hydrogen-bond acceptors (Lipinski definition) is 3. The first kappa shape index (κ1) is 11.1. The van der Waals surface area contributed by atoms with Crippen molar-refractivity contribution in [2.45, 2.75) is 26.3 Å². The highest BCUT2D eigenvalue weighted by Crippen LogP contribution is 2.33. The summed E-state index contributed by atoms with van der Waals surface area (Å²) in [5, 5.41) is 9.39. The highest BCUT2D eigenvalue weighted by atomic mass is 16.5. The maximum Gasteiger partial charge on any atom is 0.311 e. The topological polar surface area (TPSA) is 64.4 Å². The molecule has 0 amide bonds. The van der Waals surface area contributed by atoms with Gasteiger partial charge in [0.1, 0.15) is 5.82 Å². The Bertz CT molecular complexity index is 380. The smallest absolute Gasteiger partial charge is 0.311 e. The molecule has 0 bridgehead atoms. The summed E-state index contributed by atoms with van der Waals surface area (Å²) in [4.78, 5) is 15.5. The van der Waals surface area contributed by atoms with Crippen molar-refractivity contribution in [3.63, 3.8) is 0 Å². The molecule has 0 radical (unpaired) electrons. The van der Waals surface area contributed by atoms with Crippen LogP contribution in [0.15, 0.2) is 12.4 Å².